The molecule has 2 heterocycles. The lowest BCUT2D eigenvalue weighted by atomic mass is 10.1. The second-order valence-electron chi connectivity index (χ2n) is 8.95. The summed E-state index contributed by atoms with van der Waals surface area (Å²) in [5.74, 6) is 1.25. The Bertz CT molecular complexity index is 1700. The van der Waals surface area contributed by atoms with Crippen molar-refractivity contribution < 1.29 is 31.1 Å². The molecule has 0 aliphatic carbocycles. The molecule has 0 radical (unpaired) electrons. The van der Waals surface area contributed by atoms with Gasteiger partial charge in [-0.25, -0.2) is 13.4 Å². The summed E-state index contributed by atoms with van der Waals surface area (Å²) in [7, 11) is -3.62. The summed E-state index contributed by atoms with van der Waals surface area (Å²) in [5, 5.41) is 1.85. The Morgan fingerprint density at radius 2 is 1.68 bits per heavy atom. The van der Waals surface area contributed by atoms with Gasteiger partial charge in [-0.2, -0.15) is 17.5 Å². The van der Waals surface area contributed by atoms with Gasteiger partial charge < -0.3 is 14.0 Å². The molecule has 1 aromatic heterocycles. The molecule has 4 aromatic rings. The topological polar surface area (TPSA) is 73.1 Å². The molecule has 0 spiro atoms. The Hall–Kier alpha value is -3.13. The van der Waals surface area contributed by atoms with Crippen LogP contribution in [0.15, 0.2) is 82.0 Å². The van der Waals surface area contributed by atoms with Gasteiger partial charge in [-0.1, -0.05) is 38.1 Å². The fourth-order valence-corrected chi connectivity index (χ4v) is 6.78. The Labute approximate surface area is 250 Å². The molecule has 5 rings (SSSR count). The van der Waals surface area contributed by atoms with Crippen LogP contribution in [-0.2, 0) is 22.7 Å². The van der Waals surface area contributed by atoms with Crippen molar-refractivity contribution >= 4 is 44.0 Å². The summed E-state index contributed by atoms with van der Waals surface area (Å²) >= 11 is 1.28. The van der Waals surface area contributed by atoms with E-state index in [-0.39, 0.29) is 34.4 Å². The third-order valence-electron chi connectivity index (χ3n) is 6.47. The highest BCUT2D eigenvalue weighted by Gasteiger charge is 2.30. The fraction of sp³-hybridized carbons (Fsp3) is 0.250. The Balaban J connectivity index is 0.00000387. The maximum Gasteiger partial charge on any atom is 0.416 e. The van der Waals surface area contributed by atoms with Crippen molar-refractivity contribution in [3.8, 4) is 22.8 Å². The number of aromatic nitrogens is 1. The summed E-state index contributed by atoms with van der Waals surface area (Å²) in [5.41, 5.74) is 1.73. The summed E-state index contributed by atoms with van der Waals surface area (Å²) in [6.45, 7) is 4.77. The van der Waals surface area contributed by atoms with E-state index >= 15 is 0 Å². The smallest absolute Gasteiger partial charge is 0.416 e. The van der Waals surface area contributed by atoms with Gasteiger partial charge in [0.2, 0.25) is 16.8 Å². The van der Waals surface area contributed by atoms with Crippen LogP contribution in [0.2, 0.25) is 0 Å². The van der Waals surface area contributed by atoms with Crippen molar-refractivity contribution in [2.75, 3.05) is 19.9 Å². The van der Waals surface area contributed by atoms with Crippen molar-refractivity contribution in [3.63, 3.8) is 0 Å². The van der Waals surface area contributed by atoms with E-state index in [1.54, 1.807) is 44.2 Å². The van der Waals surface area contributed by atoms with Gasteiger partial charge in [0.25, 0.3) is 0 Å². The molecule has 7 nitrogen and oxygen atoms in total. The van der Waals surface area contributed by atoms with Crippen LogP contribution in [0.4, 0.5) is 18.9 Å². The minimum Gasteiger partial charge on any atom is -0.454 e. The van der Waals surface area contributed by atoms with Crippen LogP contribution in [0.1, 0.15) is 25.0 Å². The van der Waals surface area contributed by atoms with Gasteiger partial charge in [-0.3, -0.25) is 0 Å². The van der Waals surface area contributed by atoms with Crippen molar-refractivity contribution in [2.24, 2.45) is 4.99 Å². The first-order valence-electron chi connectivity index (χ1n) is 12.5. The zero-order chi connectivity index (χ0) is 28.5. The van der Waals surface area contributed by atoms with Crippen molar-refractivity contribution in [1.82, 2.24) is 8.87 Å². The molecule has 1 aliphatic heterocycles. The molecule has 0 saturated heterocycles. The van der Waals surface area contributed by atoms with E-state index in [2.05, 4.69) is 4.99 Å². The quantitative estimate of drug-likeness (QED) is 0.206. The summed E-state index contributed by atoms with van der Waals surface area (Å²) in [6, 6.07) is 17.0. The third kappa shape index (κ3) is 6.53. The lowest BCUT2D eigenvalue weighted by molar-refractivity contribution is -0.137. The van der Waals surface area contributed by atoms with Gasteiger partial charge in [-0.05, 0) is 53.6 Å². The Morgan fingerprint density at radius 1 is 0.976 bits per heavy atom. The van der Waals surface area contributed by atoms with Crippen molar-refractivity contribution in [2.45, 2.75) is 31.5 Å². The summed E-state index contributed by atoms with van der Waals surface area (Å²) < 4.78 is 80.0. The molecular formula is C28H27BrF3N3O4S2. The number of hydrogen-bond donors (Lipinski definition) is 0. The molecule has 3 aromatic carbocycles. The van der Waals surface area contributed by atoms with Gasteiger partial charge in [0.1, 0.15) is 0 Å². The van der Waals surface area contributed by atoms with Crippen LogP contribution >= 0.6 is 28.3 Å². The van der Waals surface area contributed by atoms with E-state index in [1.807, 2.05) is 22.1 Å². The van der Waals surface area contributed by atoms with E-state index in [4.69, 9.17) is 9.47 Å². The summed E-state index contributed by atoms with van der Waals surface area (Å²) in [6.07, 6.45) is -4.48. The lowest BCUT2D eigenvalue weighted by Gasteiger charge is -2.18. The van der Waals surface area contributed by atoms with E-state index in [1.165, 1.54) is 27.8 Å². The zero-order valence-corrected chi connectivity index (χ0v) is 25.4. The minimum absolute atomic E-state index is 0. The van der Waals surface area contributed by atoms with E-state index in [0.717, 1.165) is 29.0 Å². The molecule has 41 heavy (non-hydrogen) atoms. The van der Waals surface area contributed by atoms with Gasteiger partial charge in [0.05, 0.1) is 28.4 Å². The molecule has 13 heteroatoms. The maximum atomic E-state index is 13.3. The molecule has 1 aliphatic rings. The van der Waals surface area contributed by atoms with Crippen LogP contribution in [-0.4, -0.2) is 37.2 Å². The SMILES string of the molecule is Br.CCN(CC)S(=O)(=O)c1ccc(-c2csc(=Nc3cccc(C(F)(F)F)c3)n2Cc2ccc3c(c2)OCO3)cc1. The molecule has 0 amide bonds. The molecule has 0 fully saturated rings. The first-order chi connectivity index (χ1) is 19.1. The van der Waals surface area contributed by atoms with E-state index in [9.17, 15) is 21.6 Å². The average molecular weight is 671 g/mol. The van der Waals surface area contributed by atoms with Crippen LogP contribution in [0.3, 0.4) is 0 Å². The number of benzene rings is 3. The van der Waals surface area contributed by atoms with Crippen molar-refractivity contribution in [3.05, 3.63) is 88.0 Å². The second kappa shape index (κ2) is 12.4. The average Bonchev–Trinajstić information content (AvgIpc) is 3.56. The highest BCUT2D eigenvalue weighted by molar-refractivity contribution is 8.93. The largest absolute Gasteiger partial charge is 0.454 e. The molecule has 0 bridgehead atoms. The van der Waals surface area contributed by atoms with Gasteiger partial charge in [0.15, 0.2) is 16.3 Å². The standard InChI is InChI=1S/C28H26F3N3O4S2.BrH/c1-3-33(4-2)40(35,36)23-11-9-20(10-12-23)24-17-39-27(32-22-7-5-6-21(15-22)28(29,30)31)34(24)16-19-8-13-25-26(14-19)38-18-37-25;/h5-15,17H,3-4,16,18H2,1-2H3;1H. The highest BCUT2D eigenvalue weighted by Crippen LogP contribution is 2.34. The molecule has 0 unspecified atom stereocenters. The number of nitrogens with zero attached hydrogens (tertiary/aromatic N) is 3. The van der Waals surface area contributed by atoms with Crippen LogP contribution in [0, 0.1) is 0 Å². The van der Waals surface area contributed by atoms with E-state index in [0.29, 0.717) is 35.9 Å². The third-order valence-corrected chi connectivity index (χ3v) is 9.39. The number of hydrogen-bond acceptors (Lipinski definition) is 6. The lowest BCUT2D eigenvalue weighted by Crippen LogP contribution is -2.30. The van der Waals surface area contributed by atoms with Crippen LogP contribution in [0.5, 0.6) is 11.5 Å². The number of ether oxygens (including phenoxy) is 2. The number of alkyl halides is 3. The number of fused-ring (bicyclic) bond motifs is 1. The van der Waals surface area contributed by atoms with Gasteiger partial charge >= 0.3 is 6.18 Å². The molecule has 218 valence electrons. The first-order valence-corrected chi connectivity index (χ1v) is 14.8. The van der Waals surface area contributed by atoms with Gasteiger partial charge in [-0.15, -0.1) is 28.3 Å². The first kappa shape index (κ1) is 30.8. The summed E-state index contributed by atoms with van der Waals surface area (Å²) in [4.78, 5) is 5.22. The van der Waals surface area contributed by atoms with Crippen molar-refractivity contribution in [1.29, 1.82) is 0 Å². The molecular weight excluding hydrogens is 643 g/mol. The number of rotatable bonds is 8. The van der Waals surface area contributed by atoms with Crippen LogP contribution < -0.4 is 14.3 Å². The Kier molecular flexibility index (Phi) is 9.32. The fourth-order valence-electron chi connectivity index (χ4n) is 4.40. The number of halogens is 4. The minimum atomic E-state index is -4.48. The Morgan fingerprint density at radius 3 is 2.37 bits per heavy atom. The number of thiazole rings is 1. The predicted molar refractivity (Wildman–Crippen MR) is 157 cm³/mol. The normalized spacial score (nSPS) is 13.5. The molecule has 0 N–H and O–H groups in total. The van der Waals surface area contributed by atoms with Crippen LogP contribution in [0.25, 0.3) is 11.3 Å². The maximum absolute atomic E-state index is 13.3. The van der Waals surface area contributed by atoms with E-state index < -0.39 is 21.8 Å². The predicted octanol–water partition coefficient (Wildman–Crippen LogP) is 6.85. The second-order valence-corrected chi connectivity index (χ2v) is 11.7. The zero-order valence-electron chi connectivity index (χ0n) is 22.1. The molecule has 0 saturated carbocycles. The molecule has 0 atom stereocenters. The number of sulfonamides is 1. The van der Waals surface area contributed by atoms with Gasteiger partial charge in [0, 0.05) is 18.5 Å². The monoisotopic (exact) mass is 669 g/mol. The highest BCUT2D eigenvalue weighted by atomic mass is 79.9.